The number of rotatable bonds is 3. The molecule has 0 saturated heterocycles. The van der Waals surface area contributed by atoms with Crippen LogP contribution < -0.4 is 10.7 Å². The summed E-state index contributed by atoms with van der Waals surface area (Å²) < 4.78 is 0. The number of nitro benzene ring substituents is 1. The largest absolute Gasteiger partial charge is 0.360 e. The molecule has 1 amide bonds. The summed E-state index contributed by atoms with van der Waals surface area (Å²) in [6, 6.07) is 8.78. The van der Waals surface area contributed by atoms with E-state index >= 15 is 0 Å². The van der Waals surface area contributed by atoms with Gasteiger partial charge in [0.05, 0.1) is 10.4 Å². The monoisotopic (exact) mass is 357 g/mol. The Bertz CT molecular complexity index is 1080. The number of carbonyl (C=O) groups excluding carboxylic acids is 1. The lowest BCUT2D eigenvalue weighted by molar-refractivity contribution is -0.384. The number of benzene rings is 2. The van der Waals surface area contributed by atoms with Gasteiger partial charge in [0.25, 0.3) is 11.6 Å². The van der Waals surface area contributed by atoms with Crippen LogP contribution in [0.1, 0.15) is 15.9 Å². The SMILES string of the molecule is Cc1cc([N+](=O)[O-])ccc1NC(=O)c1c[nH]c2cc(Cl)ccc2c1=O. The van der Waals surface area contributed by atoms with E-state index in [1.165, 1.54) is 24.4 Å². The van der Waals surface area contributed by atoms with Gasteiger partial charge in [-0.2, -0.15) is 0 Å². The number of pyridine rings is 1. The first kappa shape index (κ1) is 16.7. The molecule has 126 valence electrons. The molecule has 1 aromatic heterocycles. The van der Waals surface area contributed by atoms with Gasteiger partial charge < -0.3 is 10.3 Å². The molecule has 0 bridgehead atoms. The average Bonchev–Trinajstić information content (AvgIpc) is 2.56. The van der Waals surface area contributed by atoms with Crippen molar-refractivity contribution in [3.63, 3.8) is 0 Å². The topological polar surface area (TPSA) is 105 Å². The fourth-order valence-corrected chi connectivity index (χ4v) is 2.63. The van der Waals surface area contributed by atoms with E-state index in [1.807, 2.05) is 0 Å². The van der Waals surface area contributed by atoms with Gasteiger partial charge in [0.15, 0.2) is 0 Å². The Morgan fingerprint density at radius 3 is 2.68 bits per heavy atom. The van der Waals surface area contributed by atoms with E-state index in [9.17, 15) is 19.7 Å². The van der Waals surface area contributed by atoms with E-state index in [2.05, 4.69) is 10.3 Å². The minimum atomic E-state index is -0.602. The van der Waals surface area contributed by atoms with Crippen molar-refractivity contribution in [3.8, 4) is 0 Å². The van der Waals surface area contributed by atoms with Crippen molar-refractivity contribution < 1.29 is 9.72 Å². The lowest BCUT2D eigenvalue weighted by atomic mass is 10.1. The van der Waals surface area contributed by atoms with Gasteiger partial charge in [-0.05, 0) is 36.8 Å². The minimum absolute atomic E-state index is 0.0624. The number of H-pyrrole nitrogens is 1. The Hall–Kier alpha value is -3.19. The number of aromatic nitrogens is 1. The molecule has 0 atom stereocenters. The second kappa shape index (κ2) is 6.37. The van der Waals surface area contributed by atoms with Crippen molar-refractivity contribution >= 4 is 39.8 Å². The Balaban J connectivity index is 1.95. The predicted molar refractivity (Wildman–Crippen MR) is 95.4 cm³/mol. The zero-order chi connectivity index (χ0) is 18.1. The van der Waals surface area contributed by atoms with Gasteiger partial charge in [0.2, 0.25) is 5.43 Å². The molecular formula is C17H12ClN3O4. The van der Waals surface area contributed by atoms with Crippen LogP contribution in [0.2, 0.25) is 5.02 Å². The van der Waals surface area contributed by atoms with Gasteiger partial charge in [-0.1, -0.05) is 11.6 Å². The highest BCUT2D eigenvalue weighted by Crippen LogP contribution is 2.22. The van der Waals surface area contributed by atoms with Crippen LogP contribution in [-0.4, -0.2) is 15.8 Å². The predicted octanol–water partition coefficient (Wildman–Crippen LogP) is 3.65. The number of carbonyl (C=O) groups is 1. The van der Waals surface area contributed by atoms with Crippen LogP contribution in [0.15, 0.2) is 47.4 Å². The molecule has 0 fully saturated rings. The van der Waals surface area contributed by atoms with E-state index in [-0.39, 0.29) is 11.3 Å². The van der Waals surface area contributed by atoms with Gasteiger partial charge in [0, 0.05) is 34.4 Å². The van der Waals surface area contributed by atoms with E-state index in [0.29, 0.717) is 27.2 Å². The van der Waals surface area contributed by atoms with Crippen LogP contribution in [-0.2, 0) is 0 Å². The molecule has 3 rings (SSSR count). The fraction of sp³-hybridized carbons (Fsp3) is 0.0588. The number of nitrogens with one attached hydrogen (secondary N) is 2. The van der Waals surface area contributed by atoms with Crippen molar-refractivity contribution in [1.29, 1.82) is 0 Å². The van der Waals surface area contributed by atoms with E-state index in [4.69, 9.17) is 11.6 Å². The van der Waals surface area contributed by atoms with E-state index in [0.717, 1.165) is 0 Å². The number of amides is 1. The fourth-order valence-electron chi connectivity index (χ4n) is 2.45. The van der Waals surface area contributed by atoms with Gasteiger partial charge in [-0.3, -0.25) is 19.7 Å². The molecule has 0 spiro atoms. The standard InChI is InChI=1S/C17H12ClN3O4/c1-9-6-11(21(24)25)3-5-14(9)20-17(23)13-8-19-15-7-10(18)2-4-12(15)16(13)22/h2-8H,1H3,(H,19,22)(H,20,23). The molecule has 0 aliphatic carbocycles. The normalized spacial score (nSPS) is 10.6. The number of anilines is 1. The van der Waals surface area contributed by atoms with Crippen LogP contribution in [0.5, 0.6) is 0 Å². The number of aryl methyl sites for hydroxylation is 1. The zero-order valence-electron chi connectivity index (χ0n) is 13.0. The Labute approximate surface area is 146 Å². The third-order valence-electron chi connectivity index (χ3n) is 3.76. The molecular weight excluding hydrogens is 346 g/mol. The number of aromatic amines is 1. The summed E-state index contributed by atoms with van der Waals surface area (Å²) >= 11 is 5.88. The van der Waals surface area contributed by atoms with Crippen molar-refractivity contribution in [2.75, 3.05) is 5.32 Å². The number of nitrogens with zero attached hydrogens (tertiary/aromatic N) is 1. The molecule has 8 heteroatoms. The maximum Gasteiger partial charge on any atom is 0.269 e. The summed E-state index contributed by atoms with van der Waals surface area (Å²) in [5.41, 5.74) is 0.879. The number of halogens is 1. The first-order chi connectivity index (χ1) is 11.9. The smallest absolute Gasteiger partial charge is 0.269 e. The number of hydrogen-bond donors (Lipinski definition) is 2. The van der Waals surface area contributed by atoms with E-state index in [1.54, 1.807) is 25.1 Å². The highest BCUT2D eigenvalue weighted by Gasteiger charge is 2.15. The third kappa shape index (κ3) is 3.22. The van der Waals surface area contributed by atoms with Crippen molar-refractivity contribution in [2.24, 2.45) is 0 Å². The van der Waals surface area contributed by atoms with Crippen molar-refractivity contribution in [1.82, 2.24) is 4.98 Å². The molecule has 0 radical (unpaired) electrons. The quantitative estimate of drug-likeness (QED) is 0.551. The van der Waals surface area contributed by atoms with Crippen LogP contribution in [0.25, 0.3) is 10.9 Å². The number of non-ortho nitro benzene ring substituents is 1. The summed E-state index contributed by atoms with van der Waals surface area (Å²) in [5.74, 6) is -0.602. The number of hydrogen-bond acceptors (Lipinski definition) is 4. The lowest BCUT2D eigenvalue weighted by Crippen LogP contribution is -2.22. The van der Waals surface area contributed by atoms with E-state index < -0.39 is 16.3 Å². The Morgan fingerprint density at radius 2 is 2.00 bits per heavy atom. The summed E-state index contributed by atoms with van der Waals surface area (Å²) in [4.78, 5) is 38.0. The molecule has 2 aromatic carbocycles. The number of fused-ring (bicyclic) bond motifs is 1. The molecule has 1 heterocycles. The second-order valence-corrected chi connectivity index (χ2v) is 5.87. The molecule has 0 aliphatic rings. The second-order valence-electron chi connectivity index (χ2n) is 5.43. The Kier molecular flexibility index (Phi) is 4.24. The molecule has 0 saturated carbocycles. The average molecular weight is 358 g/mol. The van der Waals surface area contributed by atoms with Crippen molar-refractivity contribution in [3.05, 3.63) is 79.1 Å². The molecule has 3 aromatic rings. The van der Waals surface area contributed by atoms with Crippen molar-refractivity contribution in [2.45, 2.75) is 6.92 Å². The minimum Gasteiger partial charge on any atom is -0.360 e. The van der Waals surface area contributed by atoms with Crippen LogP contribution in [0.3, 0.4) is 0 Å². The van der Waals surface area contributed by atoms with Crippen LogP contribution >= 0.6 is 11.6 Å². The maximum atomic E-state index is 12.5. The summed E-state index contributed by atoms with van der Waals surface area (Å²) in [6.07, 6.45) is 1.32. The van der Waals surface area contributed by atoms with Gasteiger partial charge in [-0.25, -0.2) is 0 Å². The molecule has 0 aliphatic heterocycles. The van der Waals surface area contributed by atoms with Gasteiger partial charge in [0.1, 0.15) is 5.56 Å². The first-order valence-electron chi connectivity index (χ1n) is 7.24. The lowest BCUT2D eigenvalue weighted by Gasteiger charge is -2.08. The first-order valence-corrected chi connectivity index (χ1v) is 7.62. The highest BCUT2D eigenvalue weighted by molar-refractivity contribution is 6.31. The van der Waals surface area contributed by atoms with Crippen LogP contribution in [0, 0.1) is 17.0 Å². The third-order valence-corrected chi connectivity index (χ3v) is 3.99. The highest BCUT2D eigenvalue weighted by atomic mass is 35.5. The summed E-state index contributed by atoms with van der Waals surface area (Å²) in [5, 5.41) is 14.2. The van der Waals surface area contributed by atoms with Crippen LogP contribution in [0.4, 0.5) is 11.4 Å². The molecule has 7 nitrogen and oxygen atoms in total. The Morgan fingerprint density at radius 1 is 1.24 bits per heavy atom. The summed E-state index contributed by atoms with van der Waals surface area (Å²) in [7, 11) is 0. The van der Waals surface area contributed by atoms with Gasteiger partial charge in [-0.15, -0.1) is 0 Å². The molecule has 0 unspecified atom stereocenters. The summed E-state index contributed by atoms with van der Waals surface area (Å²) in [6.45, 7) is 1.63. The zero-order valence-corrected chi connectivity index (χ0v) is 13.8. The van der Waals surface area contributed by atoms with Gasteiger partial charge >= 0.3 is 0 Å². The number of nitro groups is 1. The molecule has 2 N–H and O–H groups in total. The maximum absolute atomic E-state index is 12.5. The molecule has 25 heavy (non-hydrogen) atoms.